The topological polar surface area (TPSA) is 69.2 Å². The fourth-order valence-corrected chi connectivity index (χ4v) is 4.08. The van der Waals surface area contributed by atoms with Gasteiger partial charge in [-0.15, -0.1) is 0 Å². The number of rotatable bonds is 4. The number of nitrogens with one attached hydrogen (secondary N) is 1. The molecule has 1 aliphatic rings. The quantitative estimate of drug-likeness (QED) is 0.748. The highest BCUT2D eigenvalue weighted by atomic mass is 16.3. The Morgan fingerprint density at radius 2 is 2.04 bits per heavy atom. The summed E-state index contributed by atoms with van der Waals surface area (Å²) in [4.78, 5) is 22.1. The van der Waals surface area contributed by atoms with Gasteiger partial charge in [-0.25, -0.2) is 0 Å². The van der Waals surface area contributed by atoms with Crippen LogP contribution in [0.15, 0.2) is 47.5 Å². The standard InChI is InChI=1S/C22H25N3O2/c1-14-10-24-20(15(2)22(14)27)12-25-11-17(21(26)13-25)9-16-7-8-23-19-6-4-3-5-18(16)19/h3-8,10,17,21,26H,9,11-13H2,1-2H3,(H,24,27)/t17-,21+/m1/s1. The molecule has 0 unspecified atom stereocenters. The molecule has 140 valence electrons. The van der Waals surface area contributed by atoms with Gasteiger partial charge in [-0.2, -0.15) is 0 Å². The molecule has 5 heteroatoms. The van der Waals surface area contributed by atoms with Crippen LogP contribution >= 0.6 is 0 Å². The third-order valence-corrected chi connectivity index (χ3v) is 5.70. The summed E-state index contributed by atoms with van der Waals surface area (Å²) in [5.41, 5.74) is 4.77. The van der Waals surface area contributed by atoms with E-state index in [4.69, 9.17) is 0 Å². The zero-order chi connectivity index (χ0) is 19.0. The van der Waals surface area contributed by atoms with E-state index in [1.807, 2.05) is 38.2 Å². The molecule has 2 N–H and O–H groups in total. The van der Waals surface area contributed by atoms with E-state index in [0.29, 0.717) is 13.1 Å². The lowest BCUT2D eigenvalue weighted by atomic mass is 9.94. The van der Waals surface area contributed by atoms with Crippen molar-refractivity contribution in [2.45, 2.75) is 32.9 Å². The van der Waals surface area contributed by atoms with Gasteiger partial charge in [-0.1, -0.05) is 18.2 Å². The van der Waals surface area contributed by atoms with Crippen LogP contribution in [0.1, 0.15) is 22.4 Å². The van der Waals surface area contributed by atoms with Crippen molar-refractivity contribution in [2.75, 3.05) is 13.1 Å². The largest absolute Gasteiger partial charge is 0.391 e. The van der Waals surface area contributed by atoms with Crippen LogP contribution < -0.4 is 5.43 Å². The third kappa shape index (κ3) is 3.53. The first-order valence-corrected chi connectivity index (χ1v) is 9.43. The van der Waals surface area contributed by atoms with Gasteiger partial charge >= 0.3 is 0 Å². The van der Waals surface area contributed by atoms with Crippen molar-refractivity contribution in [3.63, 3.8) is 0 Å². The molecule has 27 heavy (non-hydrogen) atoms. The number of nitrogens with zero attached hydrogens (tertiary/aromatic N) is 2. The molecule has 0 amide bonds. The number of hydrogen-bond acceptors (Lipinski definition) is 4. The number of aliphatic hydroxyl groups is 1. The summed E-state index contributed by atoms with van der Waals surface area (Å²) in [5.74, 6) is 0.174. The average molecular weight is 363 g/mol. The molecule has 0 saturated carbocycles. The normalized spacial score (nSPS) is 20.4. The number of H-pyrrole nitrogens is 1. The molecule has 2 atom stereocenters. The molecule has 0 bridgehead atoms. The van der Waals surface area contributed by atoms with Gasteiger partial charge in [0.05, 0.1) is 11.6 Å². The Hall–Kier alpha value is -2.50. The first kappa shape index (κ1) is 17.9. The minimum absolute atomic E-state index is 0.100. The first-order chi connectivity index (χ1) is 13.0. The van der Waals surface area contributed by atoms with Crippen molar-refractivity contribution in [2.24, 2.45) is 5.92 Å². The fourth-order valence-electron chi connectivity index (χ4n) is 4.08. The van der Waals surface area contributed by atoms with Crippen molar-refractivity contribution >= 4 is 10.9 Å². The molecule has 0 aliphatic carbocycles. The molecule has 3 heterocycles. The Bertz CT molecular complexity index is 1020. The summed E-state index contributed by atoms with van der Waals surface area (Å²) in [6.45, 7) is 5.79. The van der Waals surface area contributed by atoms with Gasteiger partial charge in [0.1, 0.15) is 0 Å². The van der Waals surface area contributed by atoms with Gasteiger partial charge in [0.2, 0.25) is 0 Å². The number of pyridine rings is 2. The molecule has 1 saturated heterocycles. The van der Waals surface area contributed by atoms with Crippen LogP contribution in [-0.2, 0) is 13.0 Å². The van der Waals surface area contributed by atoms with Crippen LogP contribution in [0.5, 0.6) is 0 Å². The van der Waals surface area contributed by atoms with Crippen LogP contribution in [0.25, 0.3) is 10.9 Å². The molecule has 0 spiro atoms. The maximum absolute atomic E-state index is 12.2. The highest BCUT2D eigenvalue weighted by Crippen LogP contribution is 2.26. The summed E-state index contributed by atoms with van der Waals surface area (Å²) in [6.07, 6.45) is 4.08. The molecule has 5 nitrogen and oxygen atoms in total. The Labute approximate surface area is 158 Å². The van der Waals surface area contributed by atoms with Crippen molar-refractivity contribution < 1.29 is 5.11 Å². The second kappa shape index (κ2) is 7.25. The van der Waals surface area contributed by atoms with Crippen LogP contribution in [0.2, 0.25) is 0 Å². The van der Waals surface area contributed by atoms with Gasteiger partial charge in [-0.3, -0.25) is 14.7 Å². The summed E-state index contributed by atoms with van der Waals surface area (Å²) >= 11 is 0. The van der Waals surface area contributed by atoms with Crippen molar-refractivity contribution in [3.8, 4) is 0 Å². The van der Waals surface area contributed by atoms with E-state index >= 15 is 0 Å². The molecular formula is C22H25N3O2. The van der Waals surface area contributed by atoms with Gasteiger partial charge in [-0.05, 0) is 38.0 Å². The molecule has 1 aliphatic heterocycles. The molecule has 4 rings (SSSR count). The number of β-amino-alcohol motifs (C(OH)–C–C–N with tert-alkyl or cyclic N) is 1. The lowest BCUT2D eigenvalue weighted by Crippen LogP contribution is -2.24. The lowest BCUT2D eigenvalue weighted by molar-refractivity contribution is 0.141. The number of fused-ring (bicyclic) bond motifs is 1. The SMILES string of the molecule is Cc1c[nH]c(CN2C[C@@H](Cc3ccnc4ccccc34)[C@@H](O)C2)c(C)c1=O. The fraction of sp³-hybridized carbons (Fsp3) is 0.364. The monoisotopic (exact) mass is 363 g/mol. The summed E-state index contributed by atoms with van der Waals surface area (Å²) in [7, 11) is 0. The minimum Gasteiger partial charge on any atom is -0.391 e. The van der Waals surface area contributed by atoms with Gasteiger partial charge in [0, 0.05) is 60.2 Å². The highest BCUT2D eigenvalue weighted by Gasteiger charge is 2.32. The number of aromatic amines is 1. The highest BCUT2D eigenvalue weighted by molar-refractivity contribution is 5.81. The second-order valence-corrected chi connectivity index (χ2v) is 7.62. The van der Waals surface area contributed by atoms with E-state index < -0.39 is 0 Å². The van der Waals surface area contributed by atoms with Gasteiger partial charge in [0.15, 0.2) is 5.43 Å². The number of likely N-dealkylation sites (tertiary alicyclic amines) is 1. The molecule has 2 aromatic heterocycles. The van der Waals surface area contributed by atoms with Crippen molar-refractivity contribution in [1.82, 2.24) is 14.9 Å². The first-order valence-electron chi connectivity index (χ1n) is 9.43. The maximum atomic E-state index is 12.2. The number of benzene rings is 1. The Morgan fingerprint density at radius 3 is 2.89 bits per heavy atom. The average Bonchev–Trinajstić information content (AvgIpc) is 3.01. The Morgan fingerprint density at radius 1 is 1.22 bits per heavy atom. The van der Waals surface area contributed by atoms with Crippen molar-refractivity contribution in [1.29, 1.82) is 0 Å². The zero-order valence-corrected chi connectivity index (χ0v) is 15.8. The number of aryl methyl sites for hydroxylation is 1. The molecular weight excluding hydrogens is 338 g/mol. The predicted octanol–water partition coefficient (Wildman–Crippen LogP) is 2.58. The number of hydrogen-bond donors (Lipinski definition) is 2. The van der Waals surface area contributed by atoms with Gasteiger partial charge < -0.3 is 10.1 Å². The number of para-hydroxylation sites is 1. The third-order valence-electron chi connectivity index (χ3n) is 5.70. The lowest BCUT2D eigenvalue weighted by Gasteiger charge is -2.17. The maximum Gasteiger partial charge on any atom is 0.187 e. The summed E-state index contributed by atoms with van der Waals surface area (Å²) < 4.78 is 0. The van der Waals surface area contributed by atoms with E-state index in [-0.39, 0.29) is 17.5 Å². The molecule has 3 aromatic rings. The molecule has 1 fully saturated rings. The molecule has 1 aromatic carbocycles. The van der Waals surface area contributed by atoms with Crippen molar-refractivity contribution in [3.05, 3.63) is 75.3 Å². The van der Waals surface area contributed by atoms with Crippen LogP contribution in [0.4, 0.5) is 0 Å². The van der Waals surface area contributed by atoms with Crippen LogP contribution in [0.3, 0.4) is 0 Å². The summed E-state index contributed by atoms with van der Waals surface area (Å²) in [6, 6.07) is 10.2. The van der Waals surface area contributed by atoms with Crippen LogP contribution in [0, 0.1) is 19.8 Å². The van der Waals surface area contributed by atoms with Gasteiger partial charge in [0.25, 0.3) is 0 Å². The predicted molar refractivity (Wildman–Crippen MR) is 107 cm³/mol. The minimum atomic E-state index is -0.366. The zero-order valence-electron chi connectivity index (χ0n) is 15.8. The van der Waals surface area contributed by atoms with E-state index in [2.05, 4.69) is 27.0 Å². The van der Waals surface area contributed by atoms with E-state index in [1.165, 1.54) is 5.56 Å². The van der Waals surface area contributed by atoms with E-state index in [9.17, 15) is 9.90 Å². The summed E-state index contributed by atoms with van der Waals surface area (Å²) in [5, 5.41) is 11.8. The molecule has 0 radical (unpaired) electrons. The van der Waals surface area contributed by atoms with Crippen LogP contribution in [-0.4, -0.2) is 39.2 Å². The van der Waals surface area contributed by atoms with E-state index in [1.54, 1.807) is 6.20 Å². The van der Waals surface area contributed by atoms with E-state index in [0.717, 1.165) is 40.7 Å². The smallest absolute Gasteiger partial charge is 0.187 e. The Balaban J connectivity index is 1.50. The Kier molecular flexibility index (Phi) is 4.81. The second-order valence-electron chi connectivity index (χ2n) is 7.62. The number of aromatic nitrogens is 2. The number of aliphatic hydroxyl groups excluding tert-OH is 1.